The molecule has 3 aromatic carbocycles. The Hall–Kier alpha value is -6.19. The summed E-state index contributed by atoms with van der Waals surface area (Å²) in [6.45, 7) is 8.39. The Morgan fingerprint density at radius 2 is 1.67 bits per heavy atom. The Morgan fingerprint density at radius 3 is 2.43 bits per heavy atom. The van der Waals surface area contributed by atoms with E-state index in [1.165, 1.54) is 0 Å². The van der Waals surface area contributed by atoms with Crippen LogP contribution in [-0.4, -0.2) is 105 Å². The molecule has 3 aliphatic carbocycles. The zero-order chi connectivity index (χ0) is 59.0. The highest BCUT2D eigenvalue weighted by molar-refractivity contribution is 5.99. The molecule has 1 amide bonds. The number of carbonyl (C=O) groups is 2. The van der Waals surface area contributed by atoms with Crippen LogP contribution >= 0.6 is 0 Å². The van der Waals surface area contributed by atoms with Crippen LogP contribution in [-0.2, 0) is 33.6 Å². The van der Waals surface area contributed by atoms with E-state index in [0.717, 1.165) is 71.1 Å². The van der Waals surface area contributed by atoms with Gasteiger partial charge in [0.2, 0.25) is 5.91 Å². The van der Waals surface area contributed by atoms with Crippen LogP contribution in [0.1, 0.15) is 149 Å². The number of allylic oxidation sites excluding steroid dienone is 5. The number of nitrogens with zero attached hydrogens (tertiary/aromatic N) is 1. The molecular weight excluding hydrogens is 1040 g/mol. The number of ether oxygens (including phenoxy) is 1. The second-order valence-corrected chi connectivity index (χ2v) is 24.7. The number of benzene rings is 3. The molecule has 1 spiro atoms. The summed E-state index contributed by atoms with van der Waals surface area (Å²) in [5, 5.41) is 79.2. The van der Waals surface area contributed by atoms with E-state index in [4.69, 9.17) is 21.9 Å². The molecule has 83 heavy (non-hydrogen) atoms. The van der Waals surface area contributed by atoms with Crippen molar-refractivity contribution in [3.63, 3.8) is 0 Å². The number of phenols is 1. The van der Waals surface area contributed by atoms with Gasteiger partial charge in [0.15, 0.2) is 11.7 Å². The van der Waals surface area contributed by atoms with Crippen LogP contribution in [0.4, 0.5) is 0 Å². The molecular formula is C68H88N6O9. The van der Waals surface area contributed by atoms with Crippen molar-refractivity contribution in [1.29, 1.82) is 0 Å². The van der Waals surface area contributed by atoms with Crippen LogP contribution in [0.5, 0.6) is 5.75 Å². The normalized spacial score (nSPS) is 33.0. The largest absolute Gasteiger partial charge is 0.508 e. The molecule has 15 heteroatoms. The molecule has 3 fully saturated rings. The quantitative estimate of drug-likeness (QED) is 0.0507. The number of β-amino-alcohol motifs (C(OH)–C–C–N with tert-alkyl or cyclic N) is 1. The molecule has 3 heterocycles. The molecule has 9 rings (SSSR count). The highest BCUT2D eigenvalue weighted by atomic mass is 16.5. The van der Waals surface area contributed by atoms with Crippen molar-refractivity contribution in [3.05, 3.63) is 159 Å². The van der Waals surface area contributed by atoms with Gasteiger partial charge in [-0.1, -0.05) is 128 Å². The third-order valence-electron chi connectivity index (χ3n) is 19.3. The van der Waals surface area contributed by atoms with Crippen LogP contribution in [0.3, 0.4) is 0 Å². The fourth-order valence-electron chi connectivity index (χ4n) is 15.0. The number of carbonyl (C=O) groups excluding carboxylic acids is 2. The third kappa shape index (κ3) is 14.0. The van der Waals surface area contributed by atoms with Gasteiger partial charge in [-0.3, -0.25) is 19.9 Å². The van der Waals surface area contributed by atoms with Gasteiger partial charge >= 0.3 is 0 Å². The number of Topliss-reactive ketones (excluding diaryl/α,β-unsaturated/α-hetero) is 1. The van der Waals surface area contributed by atoms with Crippen LogP contribution < -0.4 is 27.8 Å². The average Bonchev–Trinajstić information content (AvgIpc) is 2.31. The van der Waals surface area contributed by atoms with Gasteiger partial charge in [-0.25, -0.2) is 0 Å². The predicted octanol–water partition coefficient (Wildman–Crippen LogP) is 7.15. The number of phenolic OH excluding ortho intramolecular Hbond substituents is 1. The maximum atomic E-state index is 16.0. The third-order valence-corrected chi connectivity index (χ3v) is 19.3. The number of hydrogen-bond acceptors (Lipinski definition) is 12. The highest BCUT2D eigenvalue weighted by Gasteiger charge is 2.64. The second-order valence-electron chi connectivity index (χ2n) is 24.7. The van der Waals surface area contributed by atoms with Gasteiger partial charge in [-0.15, -0.1) is 0 Å². The van der Waals surface area contributed by atoms with Gasteiger partial charge in [0.25, 0.3) is 0 Å². The van der Waals surface area contributed by atoms with Crippen molar-refractivity contribution >= 4 is 17.6 Å². The fraction of sp³-hybridized carbons (Fsp3) is 0.515. The first-order valence-corrected chi connectivity index (χ1v) is 30.1. The Labute approximate surface area is 490 Å². The van der Waals surface area contributed by atoms with E-state index in [1.807, 2.05) is 74.5 Å². The second kappa shape index (κ2) is 27.2. The molecule has 15 nitrogen and oxygen atoms in total. The molecule has 0 radical (unpaired) electrons. The summed E-state index contributed by atoms with van der Waals surface area (Å²) in [7, 11) is 0. The van der Waals surface area contributed by atoms with Crippen LogP contribution in [0, 0.1) is 40.9 Å². The van der Waals surface area contributed by atoms with Crippen molar-refractivity contribution in [2.75, 3.05) is 26.3 Å². The number of fused-ring (bicyclic) bond motifs is 4. The number of aromatic hydroxyl groups is 1. The SMILES string of the molecule is C=C1/C=C/C=C(\[C@H]2CC[C@@]3([C@@H]4CC[C@H](O)Cc5cccc(c5)C[C@H]([C@H](CN=C(N)N)c5ccc(O)cc5)[C@H](O)CN[C@H]5C(=O)N[C@@H](N)c6cccc(c65)CC(=O)C(C5CCCCC5)=C4CC[C@@]3(C)O)[C@@H]2O)COCC#CC/C(C)=C/C[C@@H]1O. The maximum absolute atomic E-state index is 16.0. The summed E-state index contributed by atoms with van der Waals surface area (Å²) in [6.07, 6.45) is 11.3. The standard InChI is InChI=1S/C68H88N6O9/c1-41-12-7-8-33-83-40-48(19-9-13-42(2)57(77)28-21-41)51-30-32-68(63(51)80)56-27-26-50(76)35-43-14-10-15-44(34-43)36-54(55(38-73-66(70)71)45-22-24-49(75)25-23-45)59(79)39-72-62-61-47(18-11-20-53(61)64(69)74-65(62)81)37-58(78)60(46-16-5-4-6-17-46)52(56)29-31-67(68,3)82/h9-11,13-15,18-25,34,46,50-51,54-57,59,62-64,72,75-77,79-80,82H,2,4-6,12,16-17,26-33,35-40,69H2,1,3H3,(H,74,81)(H4,70,71,73)/b13-9+,41-21+,48-19-,60-52?/t50-,51+,54+,55+,56+,57-,59+,62+,63+,64+,67+,68+/m0/s1. The zero-order valence-corrected chi connectivity index (χ0v) is 48.4. The lowest BCUT2D eigenvalue weighted by molar-refractivity contribution is -0.168. The lowest BCUT2D eigenvalue weighted by Crippen LogP contribution is -2.59. The fourth-order valence-corrected chi connectivity index (χ4v) is 15.0. The van der Waals surface area contributed by atoms with Crippen molar-refractivity contribution in [2.24, 2.45) is 51.3 Å². The first kappa shape index (κ1) is 61.4. The number of hydrogen-bond donors (Lipinski definition) is 11. The van der Waals surface area contributed by atoms with E-state index < -0.39 is 77.2 Å². The van der Waals surface area contributed by atoms with Crippen molar-refractivity contribution in [2.45, 2.75) is 165 Å². The zero-order valence-electron chi connectivity index (χ0n) is 48.4. The smallest absolute Gasteiger partial charge is 0.243 e. The molecule has 12 atom stereocenters. The Kier molecular flexibility index (Phi) is 20.1. The molecule has 14 N–H and O–H groups in total. The van der Waals surface area contributed by atoms with E-state index in [1.54, 1.807) is 30.3 Å². The van der Waals surface area contributed by atoms with Gasteiger partial charge in [-0.2, -0.15) is 0 Å². The Bertz CT molecular complexity index is 3050. The molecule has 2 bridgehead atoms. The van der Waals surface area contributed by atoms with Crippen LogP contribution in [0.2, 0.25) is 0 Å². The molecule has 444 valence electrons. The summed E-state index contributed by atoms with van der Waals surface area (Å²) in [5.74, 6) is 3.69. The van der Waals surface area contributed by atoms with Crippen LogP contribution in [0.15, 0.2) is 130 Å². The van der Waals surface area contributed by atoms with Gasteiger partial charge in [0.1, 0.15) is 24.6 Å². The van der Waals surface area contributed by atoms with E-state index in [-0.39, 0.29) is 56.1 Å². The summed E-state index contributed by atoms with van der Waals surface area (Å²) in [6, 6.07) is 19.3. The van der Waals surface area contributed by atoms with Crippen LogP contribution in [0.25, 0.3) is 0 Å². The van der Waals surface area contributed by atoms with Gasteiger partial charge in [-0.05, 0) is 164 Å². The predicted molar refractivity (Wildman–Crippen MR) is 323 cm³/mol. The maximum Gasteiger partial charge on any atom is 0.243 e. The number of guanidine groups is 1. The van der Waals surface area contributed by atoms with Crippen molar-refractivity contribution in [1.82, 2.24) is 10.6 Å². The van der Waals surface area contributed by atoms with Gasteiger partial charge < -0.3 is 57.9 Å². The van der Waals surface area contributed by atoms with Crippen molar-refractivity contribution < 1.29 is 45.0 Å². The first-order chi connectivity index (χ1) is 39.8. The lowest BCUT2D eigenvalue weighted by Gasteiger charge is -2.56. The summed E-state index contributed by atoms with van der Waals surface area (Å²) >= 11 is 0. The minimum Gasteiger partial charge on any atom is -0.508 e. The van der Waals surface area contributed by atoms with E-state index in [2.05, 4.69) is 34.0 Å². The molecule has 0 aromatic heterocycles. The van der Waals surface area contributed by atoms with Gasteiger partial charge in [0, 0.05) is 43.2 Å². The minimum atomic E-state index is -1.39. The number of nitrogens with one attached hydrogen (secondary N) is 2. The summed E-state index contributed by atoms with van der Waals surface area (Å²) in [4.78, 5) is 34.9. The summed E-state index contributed by atoms with van der Waals surface area (Å²) in [5.41, 5.74) is 24.6. The first-order valence-electron chi connectivity index (χ1n) is 30.1. The lowest BCUT2D eigenvalue weighted by atomic mass is 9.51. The van der Waals surface area contributed by atoms with Crippen molar-refractivity contribution in [3.8, 4) is 17.6 Å². The molecule has 3 aliphatic heterocycles. The summed E-state index contributed by atoms with van der Waals surface area (Å²) < 4.78 is 6.25. The number of ketones is 1. The van der Waals surface area contributed by atoms with E-state index >= 15 is 4.79 Å². The average molecular weight is 1130 g/mol. The number of amides is 1. The van der Waals surface area contributed by atoms with Gasteiger partial charge in [0.05, 0.1) is 36.6 Å². The number of nitrogens with two attached hydrogens (primary N) is 3. The molecule has 0 unspecified atom stereocenters. The topological polar surface area (TPSA) is 279 Å². The molecule has 0 saturated heterocycles. The molecule has 3 saturated carbocycles. The highest BCUT2D eigenvalue weighted by Crippen LogP contribution is 2.64. The van der Waals surface area contributed by atoms with E-state index in [9.17, 15) is 35.4 Å². The molecule has 3 aromatic rings. The monoisotopic (exact) mass is 1130 g/mol. The Morgan fingerprint density at radius 1 is 0.928 bits per heavy atom. The number of rotatable bonds is 6. The number of aliphatic hydroxyl groups is 5. The Balaban J connectivity index is 1.17. The number of aliphatic imine (C=N–C) groups is 1. The minimum absolute atomic E-state index is 0.0447. The number of aliphatic hydroxyl groups excluding tert-OH is 4. The molecule has 6 aliphatic rings. The van der Waals surface area contributed by atoms with E-state index in [0.29, 0.717) is 86.5 Å².